The van der Waals surface area contributed by atoms with Crippen LogP contribution >= 0.6 is 0 Å². The Hall–Kier alpha value is -1.46. The van der Waals surface area contributed by atoms with E-state index in [1.54, 1.807) is 21.3 Å². The summed E-state index contributed by atoms with van der Waals surface area (Å²) < 4.78 is 15.9. The Kier molecular flexibility index (Phi) is 6.45. The second kappa shape index (κ2) is 7.86. The Morgan fingerprint density at radius 1 is 1.11 bits per heavy atom. The molecular formula is C14H24NO4+. The van der Waals surface area contributed by atoms with Gasteiger partial charge in [0.1, 0.15) is 12.6 Å². The third-order valence-electron chi connectivity index (χ3n) is 3.17. The third-order valence-corrected chi connectivity index (χ3v) is 3.17. The Balaban J connectivity index is 2.90. The van der Waals surface area contributed by atoms with E-state index < -0.39 is 0 Å². The molecule has 0 heterocycles. The monoisotopic (exact) mass is 270 g/mol. The third kappa shape index (κ3) is 4.01. The molecule has 1 aromatic rings. The zero-order chi connectivity index (χ0) is 14.3. The highest BCUT2D eigenvalue weighted by Gasteiger charge is 2.15. The van der Waals surface area contributed by atoms with Gasteiger partial charge in [-0.05, 0) is 18.6 Å². The molecule has 0 saturated carbocycles. The molecule has 0 aliphatic rings. The number of quaternary nitrogens is 1. The summed E-state index contributed by atoms with van der Waals surface area (Å²) in [6.07, 6.45) is 0.931. The van der Waals surface area contributed by atoms with Gasteiger partial charge in [-0.3, -0.25) is 0 Å². The second-order valence-corrected chi connectivity index (χ2v) is 4.32. The first kappa shape index (κ1) is 15.6. The van der Waals surface area contributed by atoms with Crippen LogP contribution in [0.15, 0.2) is 12.1 Å². The molecule has 1 rings (SSSR count). The van der Waals surface area contributed by atoms with Crippen LogP contribution in [0.2, 0.25) is 0 Å². The lowest BCUT2D eigenvalue weighted by Crippen LogP contribution is -2.89. The Labute approximate surface area is 114 Å². The minimum Gasteiger partial charge on any atom is -0.493 e. The molecule has 0 unspecified atom stereocenters. The number of hydrogen-bond donors (Lipinski definition) is 2. The van der Waals surface area contributed by atoms with Gasteiger partial charge < -0.3 is 24.6 Å². The average molecular weight is 270 g/mol. The van der Waals surface area contributed by atoms with Crippen molar-refractivity contribution in [1.82, 2.24) is 0 Å². The number of methoxy groups -OCH3 is 3. The first-order valence-corrected chi connectivity index (χ1v) is 6.43. The summed E-state index contributed by atoms with van der Waals surface area (Å²) in [5.74, 6) is 1.91. The predicted molar refractivity (Wildman–Crippen MR) is 72.9 cm³/mol. The number of rotatable bonds is 8. The molecule has 5 heteroatoms. The summed E-state index contributed by atoms with van der Waals surface area (Å²) >= 11 is 0. The van der Waals surface area contributed by atoms with Gasteiger partial charge in [-0.15, -0.1) is 0 Å². The smallest absolute Gasteiger partial charge is 0.203 e. The van der Waals surface area contributed by atoms with Crippen LogP contribution in [0.5, 0.6) is 17.2 Å². The molecule has 0 bridgehead atoms. The van der Waals surface area contributed by atoms with Gasteiger partial charge in [0, 0.05) is 5.56 Å². The number of aliphatic hydroxyl groups excluding tert-OH is 1. The van der Waals surface area contributed by atoms with E-state index >= 15 is 0 Å². The van der Waals surface area contributed by atoms with Crippen LogP contribution in [0.3, 0.4) is 0 Å². The molecular weight excluding hydrogens is 246 g/mol. The number of nitrogens with two attached hydrogens (primary N) is 1. The minimum absolute atomic E-state index is 0.181. The highest BCUT2D eigenvalue weighted by molar-refractivity contribution is 5.53. The lowest BCUT2D eigenvalue weighted by atomic mass is 10.1. The topological polar surface area (TPSA) is 64.5 Å². The van der Waals surface area contributed by atoms with Crippen LogP contribution in [-0.2, 0) is 6.54 Å². The van der Waals surface area contributed by atoms with Gasteiger partial charge in [0.05, 0.1) is 27.9 Å². The van der Waals surface area contributed by atoms with Gasteiger partial charge in [-0.2, -0.15) is 0 Å². The Bertz CT molecular complexity index is 366. The Morgan fingerprint density at radius 2 is 1.68 bits per heavy atom. The molecule has 1 aromatic carbocycles. The van der Waals surface area contributed by atoms with E-state index in [2.05, 4.69) is 12.2 Å². The average Bonchev–Trinajstić information content (AvgIpc) is 2.46. The molecule has 0 aliphatic heterocycles. The molecule has 108 valence electrons. The van der Waals surface area contributed by atoms with Crippen LogP contribution in [0.25, 0.3) is 0 Å². The van der Waals surface area contributed by atoms with E-state index in [0.717, 1.165) is 18.5 Å². The minimum atomic E-state index is 0.181. The zero-order valence-corrected chi connectivity index (χ0v) is 12.1. The van der Waals surface area contributed by atoms with Crippen LogP contribution < -0.4 is 19.5 Å². The van der Waals surface area contributed by atoms with Crippen molar-refractivity contribution in [2.24, 2.45) is 0 Å². The molecule has 0 saturated heterocycles. The van der Waals surface area contributed by atoms with Crippen molar-refractivity contribution in [2.45, 2.75) is 25.9 Å². The van der Waals surface area contributed by atoms with Crippen molar-refractivity contribution >= 4 is 0 Å². The summed E-state index contributed by atoms with van der Waals surface area (Å²) in [5, 5.41) is 11.3. The van der Waals surface area contributed by atoms with Crippen molar-refractivity contribution < 1.29 is 24.6 Å². The molecule has 0 spiro atoms. The number of ether oxygens (including phenoxy) is 3. The summed E-state index contributed by atoms with van der Waals surface area (Å²) in [4.78, 5) is 0. The zero-order valence-electron chi connectivity index (χ0n) is 12.1. The van der Waals surface area contributed by atoms with Crippen molar-refractivity contribution in [2.75, 3.05) is 27.9 Å². The number of aliphatic hydroxyl groups is 1. The van der Waals surface area contributed by atoms with Gasteiger partial charge in [0.15, 0.2) is 11.5 Å². The van der Waals surface area contributed by atoms with Crippen molar-refractivity contribution in [3.63, 3.8) is 0 Å². The standard InChI is InChI=1S/C14H23NO4/c1-5-11(9-16)15-8-10-6-12(17-2)14(19-4)13(7-10)18-3/h6-7,11,15-16H,5,8-9H2,1-4H3/p+1/t11-/m0/s1. The van der Waals surface area contributed by atoms with Gasteiger partial charge in [-0.25, -0.2) is 0 Å². The fourth-order valence-corrected chi connectivity index (χ4v) is 1.93. The fraction of sp³-hybridized carbons (Fsp3) is 0.571. The normalized spacial score (nSPS) is 12.1. The maximum atomic E-state index is 9.19. The van der Waals surface area contributed by atoms with E-state index in [0.29, 0.717) is 17.2 Å². The predicted octanol–water partition coefficient (Wildman–Crippen LogP) is 0.547. The molecule has 3 N–H and O–H groups in total. The molecule has 0 aliphatic carbocycles. The molecule has 19 heavy (non-hydrogen) atoms. The van der Waals surface area contributed by atoms with E-state index in [1.165, 1.54) is 0 Å². The molecule has 0 radical (unpaired) electrons. The lowest BCUT2D eigenvalue weighted by molar-refractivity contribution is -0.706. The van der Waals surface area contributed by atoms with Crippen molar-refractivity contribution in [1.29, 1.82) is 0 Å². The van der Waals surface area contributed by atoms with Crippen molar-refractivity contribution in [3.05, 3.63) is 17.7 Å². The summed E-state index contributed by atoms with van der Waals surface area (Å²) in [6.45, 7) is 3.00. The quantitative estimate of drug-likeness (QED) is 0.724. The summed E-state index contributed by atoms with van der Waals surface area (Å²) in [6, 6.07) is 4.09. The Morgan fingerprint density at radius 3 is 2.05 bits per heavy atom. The molecule has 0 amide bonds. The molecule has 0 aromatic heterocycles. The molecule has 0 fully saturated rings. The first-order chi connectivity index (χ1) is 9.19. The SMILES string of the molecule is CC[C@@H](CO)[NH2+]Cc1cc(OC)c(OC)c(OC)c1. The second-order valence-electron chi connectivity index (χ2n) is 4.32. The maximum Gasteiger partial charge on any atom is 0.203 e. The highest BCUT2D eigenvalue weighted by atomic mass is 16.5. The van der Waals surface area contributed by atoms with Crippen molar-refractivity contribution in [3.8, 4) is 17.2 Å². The molecule has 1 atom stereocenters. The van der Waals surface area contributed by atoms with Crippen LogP contribution in [0.4, 0.5) is 0 Å². The lowest BCUT2D eigenvalue weighted by Gasteiger charge is -2.15. The van der Waals surface area contributed by atoms with Gasteiger partial charge in [0.2, 0.25) is 5.75 Å². The molecule has 5 nitrogen and oxygen atoms in total. The van der Waals surface area contributed by atoms with E-state index in [9.17, 15) is 5.11 Å². The van der Waals surface area contributed by atoms with E-state index in [4.69, 9.17) is 14.2 Å². The van der Waals surface area contributed by atoms with Crippen LogP contribution in [0.1, 0.15) is 18.9 Å². The summed E-state index contributed by atoms with van der Waals surface area (Å²) in [7, 11) is 4.80. The van der Waals surface area contributed by atoms with Gasteiger partial charge >= 0.3 is 0 Å². The number of hydrogen-bond acceptors (Lipinski definition) is 4. The van der Waals surface area contributed by atoms with E-state index in [1.807, 2.05) is 12.1 Å². The maximum absolute atomic E-state index is 9.19. The fourth-order valence-electron chi connectivity index (χ4n) is 1.93. The summed E-state index contributed by atoms with van der Waals surface area (Å²) in [5.41, 5.74) is 1.07. The van der Waals surface area contributed by atoms with Gasteiger partial charge in [-0.1, -0.05) is 6.92 Å². The first-order valence-electron chi connectivity index (χ1n) is 6.43. The van der Waals surface area contributed by atoms with Crippen LogP contribution in [0, 0.1) is 0 Å². The highest BCUT2D eigenvalue weighted by Crippen LogP contribution is 2.37. The van der Waals surface area contributed by atoms with Gasteiger partial charge in [0.25, 0.3) is 0 Å². The number of benzene rings is 1. The largest absolute Gasteiger partial charge is 0.493 e. The van der Waals surface area contributed by atoms with E-state index in [-0.39, 0.29) is 12.6 Å². The van der Waals surface area contributed by atoms with Crippen LogP contribution in [-0.4, -0.2) is 39.1 Å².